The monoisotopic (exact) mass is 255 g/mol. The standard InChI is InChI=1S/C11H14ClN3O2/c1-13-9-6-17-5-7(9)11(16)15-10-8(12)3-2-4-14-10/h2-4,7,9,13H,5-6H2,1H3,(H,14,15,16). The fourth-order valence-corrected chi connectivity index (χ4v) is 1.95. The topological polar surface area (TPSA) is 63.2 Å². The highest BCUT2D eigenvalue weighted by molar-refractivity contribution is 6.33. The van der Waals surface area contributed by atoms with Gasteiger partial charge in [-0.25, -0.2) is 4.98 Å². The number of rotatable bonds is 3. The van der Waals surface area contributed by atoms with E-state index >= 15 is 0 Å². The van der Waals surface area contributed by atoms with Crippen molar-refractivity contribution in [2.75, 3.05) is 25.6 Å². The van der Waals surface area contributed by atoms with E-state index in [0.717, 1.165) is 0 Å². The fourth-order valence-electron chi connectivity index (χ4n) is 1.78. The molecule has 1 saturated heterocycles. The van der Waals surface area contributed by atoms with Gasteiger partial charge in [0.15, 0.2) is 5.82 Å². The first-order chi connectivity index (χ1) is 8.22. The number of ether oxygens (including phenoxy) is 1. The van der Waals surface area contributed by atoms with Crippen molar-refractivity contribution in [2.45, 2.75) is 6.04 Å². The summed E-state index contributed by atoms with van der Waals surface area (Å²) in [6, 6.07) is 3.44. The van der Waals surface area contributed by atoms with Gasteiger partial charge < -0.3 is 15.4 Å². The zero-order valence-electron chi connectivity index (χ0n) is 9.44. The molecule has 5 nitrogen and oxygen atoms in total. The van der Waals surface area contributed by atoms with E-state index in [-0.39, 0.29) is 17.9 Å². The van der Waals surface area contributed by atoms with Gasteiger partial charge in [-0.05, 0) is 19.2 Å². The van der Waals surface area contributed by atoms with E-state index in [2.05, 4.69) is 15.6 Å². The first kappa shape index (κ1) is 12.3. The highest BCUT2D eigenvalue weighted by Crippen LogP contribution is 2.20. The number of carbonyl (C=O) groups excluding carboxylic acids is 1. The van der Waals surface area contributed by atoms with Crippen molar-refractivity contribution in [1.29, 1.82) is 0 Å². The number of pyridine rings is 1. The number of aromatic nitrogens is 1. The van der Waals surface area contributed by atoms with Crippen molar-refractivity contribution >= 4 is 23.3 Å². The number of nitrogens with one attached hydrogen (secondary N) is 2. The molecule has 1 amide bonds. The van der Waals surface area contributed by atoms with Crippen molar-refractivity contribution < 1.29 is 9.53 Å². The summed E-state index contributed by atoms with van der Waals surface area (Å²) in [6.45, 7) is 0.965. The molecule has 2 atom stereocenters. The van der Waals surface area contributed by atoms with Gasteiger partial charge in [-0.1, -0.05) is 11.6 Å². The van der Waals surface area contributed by atoms with Gasteiger partial charge in [0.25, 0.3) is 0 Å². The van der Waals surface area contributed by atoms with Crippen LogP contribution < -0.4 is 10.6 Å². The molecule has 0 aromatic carbocycles. The highest BCUT2D eigenvalue weighted by Gasteiger charge is 2.33. The van der Waals surface area contributed by atoms with Crippen molar-refractivity contribution in [1.82, 2.24) is 10.3 Å². The molecule has 6 heteroatoms. The van der Waals surface area contributed by atoms with Crippen LogP contribution in [0.1, 0.15) is 0 Å². The number of likely N-dealkylation sites (N-methyl/N-ethyl adjacent to an activating group) is 1. The lowest BCUT2D eigenvalue weighted by Gasteiger charge is -2.16. The molecule has 2 unspecified atom stereocenters. The highest BCUT2D eigenvalue weighted by atomic mass is 35.5. The van der Waals surface area contributed by atoms with Crippen molar-refractivity contribution in [3.8, 4) is 0 Å². The summed E-state index contributed by atoms with van der Waals surface area (Å²) < 4.78 is 5.27. The van der Waals surface area contributed by atoms with Gasteiger partial charge in [-0.2, -0.15) is 0 Å². The molecule has 2 rings (SSSR count). The molecule has 0 bridgehead atoms. The maximum atomic E-state index is 12.0. The average molecular weight is 256 g/mol. The Morgan fingerprint density at radius 1 is 1.59 bits per heavy atom. The number of halogens is 1. The third kappa shape index (κ3) is 2.74. The first-order valence-corrected chi connectivity index (χ1v) is 5.76. The number of hydrogen-bond donors (Lipinski definition) is 2. The van der Waals surface area contributed by atoms with Crippen LogP contribution in [-0.2, 0) is 9.53 Å². The molecular formula is C11H14ClN3O2. The Morgan fingerprint density at radius 2 is 2.41 bits per heavy atom. The number of hydrogen-bond acceptors (Lipinski definition) is 4. The van der Waals surface area contributed by atoms with E-state index in [9.17, 15) is 4.79 Å². The predicted molar refractivity (Wildman–Crippen MR) is 65.0 cm³/mol. The van der Waals surface area contributed by atoms with Gasteiger partial charge >= 0.3 is 0 Å². The minimum atomic E-state index is -0.210. The summed E-state index contributed by atoms with van der Waals surface area (Å²) in [4.78, 5) is 16.0. The molecule has 1 aromatic rings. The lowest BCUT2D eigenvalue weighted by Crippen LogP contribution is -2.39. The van der Waals surface area contributed by atoms with Crippen molar-refractivity contribution in [3.63, 3.8) is 0 Å². The normalized spacial score (nSPS) is 23.6. The third-order valence-electron chi connectivity index (χ3n) is 2.79. The minimum Gasteiger partial charge on any atom is -0.379 e. The molecule has 92 valence electrons. The maximum Gasteiger partial charge on any atom is 0.232 e. The second-order valence-electron chi connectivity index (χ2n) is 3.86. The van der Waals surface area contributed by atoms with Crippen LogP contribution in [-0.4, -0.2) is 37.2 Å². The third-order valence-corrected chi connectivity index (χ3v) is 3.09. The van der Waals surface area contributed by atoms with E-state index < -0.39 is 0 Å². The summed E-state index contributed by atoms with van der Waals surface area (Å²) in [7, 11) is 1.81. The molecule has 1 fully saturated rings. The molecule has 1 aromatic heterocycles. The number of amides is 1. The predicted octanol–water partition coefficient (Wildman–Crippen LogP) is 0.908. The van der Waals surface area contributed by atoms with Gasteiger partial charge in [-0.15, -0.1) is 0 Å². The van der Waals surface area contributed by atoms with Crippen LogP contribution in [0.25, 0.3) is 0 Å². The Kier molecular flexibility index (Phi) is 3.93. The van der Waals surface area contributed by atoms with Gasteiger partial charge in [-0.3, -0.25) is 4.79 Å². The Hall–Kier alpha value is -1.17. The van der Waals surface area contributed by atoms with E-state index in [1.165, 1.54) is 0 Å². The van der Waals surface area contributed by atoms with Crippen LogP contribution in [0.5, 0.6) is 0 Å². The van der Waals surface area contributed by atoms with E-state index in [0.29, 0.717) is 24.1 Å². The van der Waals surface area contributed by atoms with E-state index in [1.54, 1.807) is 18.3 Å². The summed E-state index contributed by atoms with van der Waals surface area (Å²) >= 11 is 5.92. The summed E-state index contributed by atoms with van der Waals surface area (Å²) in [5, 5.41) is 6.20. The lowest BCUT2D eigenvalue weighted by atomic mass is 10.0. The Labute approximate surface area is 105 Å². The van der Waals surface area contributed by atoms with Crippen LogP contribution in [0.2, 0.25) is 5.02 Å². The zero-order chi connectivity index (χ0) is 12.3. The quantitative estimate of drug-likeness (QED) is 0.843. The van der Waals surface area contributed by atoms with Gasteiger partial charge in [0, 0.05) is 12.2 Å². The summed E-state index contributed by atoms with van der Waals surface area (Å²) in [5.41, 5.74) is 0. The van der Waals surface area contributed by atoms with E-state index in [4.69, 9.17) is 16.3 Å². The molecule has 2 N–H and O–H groups in total. The molecular weight excluding hydrogens is 242 g/mol. The van der Waals surface area contributed by atoms with Gasteiger partial charge in [0.05, 0.1) is 24.2 Å². The number of anilines is 1. The molecule has 0 spiro atoms. The molecule has 17 heavy (non-hydrogen) atoms. The smallest absolute Gasteiger partial charge is 0.232 e. The summed E-state index contributed by atoms with van der Waals surface area (Å²) in [6.07, 6.45) is 1.59. The van der Waals surface area contributed by atoms with Crippen LogP contribution in [0.4, 0.5) is 5.82 Å². The fraction of sp³-hybridized carbons (Fsp3) is 0.455. The SMILES string of the molecule is CNC1COCC1C(=O)Nc1ncccc1Cl. The molecule has 0 radical (unpaired) electrons. The second kappa shape index (κ2) is 5.44. The molecule has 0 aliphatic carbocycles. The summed E-state index contributed by atoms with van der Waals surface area (Å²) in [5.74, 6) is 0.0569. The molecule has 1 aliphatic rings. The zero-order valence-corrected chi connectivity index (χ0v) is 10.2. The van der Waals surface area contributed by atoms with Crippen molar-refractivity contribution in [2.24, 2.45) is 5.92 Å². The van der Waals surface area contributed by atoms with Gasteiger partial charge in [0.1, 0.15) is 0 Å². The lowest BCUT2D eigenvalue weighted by molar-refractivity contribution is -0.120. The number of carbonyl (C=O) groups is 1. The van der Waals surface area contributed by atoms with Crippen LogP contribution in [0.3, 0.4) is 0 Å². The van der Waals surface area contributed by atoms with Gasteiger partial charge in [0.2, 0.25) is 5.91 Å². The Bertz CT molecular complexity index is 413. The molecule has 1 aliphatic heterocycles. The average Bonchev–Trinajstić information content (AvgIpc) is 2.80. The maximum absolute atomic E-state index is 12.0. The Balaban J connectivity index is 2.04. The van der Waals surface area contributed by atoms with Crippen LogP contribution >= 0.6 is 11.6 Å². The van der Waals surface area contributed by atoms with Crippen LogP contribution in [0, 0.1) is 5.92 Å². The van der Waals surface area contributed by atoms with Crippen molar-refractivity contribution in [3.05, 3.63) is 23.4 Å². The first-order valence-electron chi connectivity index (χ1n) is 5.38. The van der Waals surface area contributed by atoms with Crippen LogP contribution in [0.15, 0.2) is 18.3 Å². The minimum absolute atomic E-state index is 0.0393. The molecule has 2 heterocycles. The van der Waals surface area contributed by atoms with E-state index in [1.807, 2.05) is 7.05 Å². The second-order valence-corrected chi connectivity index (χ2v) is 4.27. The Morgan fingerprint density at radius 3 is 3.12 bits per heavy atom. The molecule has 0 saturated carbocycles. The largest absolute Gasteiger partial charge is 0.379 e. The number of nitrogens with zero attached hydrogens (tertiary/aromatic N) is 1.